The van der Waals surface area contributed by atoms with Crippen LogP contribution in [0.1, 0.15) is 159 Å². The van der Waals surface area contributed by atoms with Gasteiger partial charge in [-0.1, -0.05) is 218 Å². The second-order valence-corrected chi connectivity index (χ2v) is 19.7. The standard InChI is InChI=1S/2C15H28.C13H24/c1-12(9-10-14(3,4)5)11-13(2)15(6,7)8;1-13(2,3)11-9-10-12-15(7,8)14(4,5)6;1-12(2,3)10-8-7-9-11-13(4,5)6/h9-11,13H,1-8H3;9-12H,1-8H3;7-10H,11H2,1-6H3/b10-9+,12-11+;11-9+,12-10+;9-7+,10-8+. The molecule has 1 atom stereocenters. The van der Waals surface area contributed by atoms with E-state index in [1.807, 2.05) is 0 Å². The molecule has 43 heavy (non-hydrogen) atoms. The molecule has 0 aromatic rings. The highest BCUT2D eigenvalue weighted by Crippen LogP contribution is 2.39. The van der Waals surface area contributed by atoms with E-state index in [9.17, 15) is 0 Å². The first kappa shape index (κ1) is 45.9. The molecule has 0 radical (unpaired) electrons. The second kappa shape index (κ2) is 18.4. The van der Waals surface area contributed by atoms with Gasteiger partial charge in [-0.15, -0.1) is 0 Å². The van der Waals surface area contributed by atoms with Crippen molar-refractivity contribution in [3.05, 3.63) is 72.4 Å². The molecule has 0 N–H and O–H groups in total. The molecule has 252 valence electrons. The molecule has 0 aliphatic carbocycles. The monoisotopic (exact) mass is 597 g/mol. The second-order valence-electron chi connectivity index (χ2n) is 19.7. The molecule has 0 bridgehead atoms. The number of allylic oxidation sites excluding steroid dienone is 12. The lowest BCUT2D eigenvalue weighted by Crippen LogP contribution is -2.27. The Hall–Kier alpha value is -1.56. The topological polar surface area (TPSA) is 0 Å². The van der Waals surface area contributed by atoms with Gasteiger partial charge in [0.05, 0.1) is 0 Å². The van der Waals surface area contributed by atoms with E-state index in [-0.39, 0.29) is 16.2 Å². The normalized spacial score (nSPS) is 15.8. The minimum atomic E-state index is 0.231. The molecule has 0 spiro atoms. The highest BCUT2D eigenvalue weighted by Gasteiger charge is 2.29. The number of rotatable bonds is 6. The summed E-state index contributed by atoms with van der Waals surface area (Å²) in [4.78, 5) is 0. The van der Waals surface area contributed by atoms with E-state index in [1.54, 1.807) is 0 Å². The van der Waals surface area contributed by atoms with Crippen LogP contribution in [0.4, 0.5) is 0 Å². The van der Waals surface area contributed by atoms with E-state index in [0.29, 0.717) is 27.6 Å². The van der Waals surface area contributed by atoms with Crippen molar-refractivity contribution in [1.29, 1.82) is 0 Å². The molecule has 1 unspecified atom stereocenters. The lowest BCUT2D eigenvalue weighted by molar-refractivity contribution is 0.193. The minimum Gasteiger partial charge on any atom is -0.0840 e. The first-order valence-corrected chi connectivity index (χ1v) is 16.8. The van der Waals surface area contributed by atoms with E-state index >= 15 is 0 Å². The van der Waals surface area contributed by atoms with Crippen LogP contribution < -0.4 is 0 Å². The highest BCUT2D eigenvalue weighted by atomic mass is 14.3. The van der Waals surface area contributed by atoms with Gasteiger partial charge in [0, 0.05) is 0 Å². The van der Waals surface area contributed by atoms with E-state index in [0.717, 1.165) is 6.42 Å². The van der Waals surface area contributed by atoms with Gasteiger partial charge < -0.3 is 0 Å². The lowest BCUT2D eigenvalue weighted by atomic mass is 9.69. The minimum absolute atomic E-state index is 0.231. The average Bonchev–Trinajstić information content (AvgIpc) is 2.72. The quantitative estimate of drug-likeness (QED) is 0.268. The van der Waals surface area contributed by atoms with Crippen LogP contribution in [-0.2, 0) is 0 Å². The van der Waals surface area contributed by atoms with Crippen molar-refractivity contribution >= 4 is 0 Å². The fourth-order valence-corrected chi connectivity index (χ4v) is 2.82. The van der Waals surface area contributed by atoms with Crippen LogP contribution >= 0.6 is 0 Å². The Bertz CT molecular complexity index is 909. The van der Waals surface area contributed by atoms with Gasteiger partial charge in [-0.2, -0.15) is 0 Å². The fourth-order valence-electron chi connectivity index (χ4n) is 2.82. The molecule has 0 saturated heterocycles. The van der Waals surface area contributed by atoms with Crippen LogP contribution in [0, 0.1) is 43.8 Å². The van der Waals surface area contributed by atoms with Crippen molar-refractivity contribution in [3.63, 3.8) is 0 Å². The summed E-state index contributed by atoms with van der Waals surface area (Å²) >= 11 is 0. The van der Waals surface area contributed by atoms with Gasteiger partial charge in [-0.25, -0.2) is 0 Å². The van der Waals surface area contributed by atoms with Crippen LogP contribution in [0.2, 0.25) is 0 Å². The van der Waals surface area contributed by atoms with Crippen LogP contribution in [0.3, 0.4) is 0 Å². The molecule has 0 saturated carbocycles. The number of hydrogen-bond acceptors (Lipinski definition) is 0. The summed E-state index contributed by atoms with van der Waals surface area (Å²) < 4.78 is 0. The zero-order valence-corrected chi connectivity index (χ0v) is 33.6. The molecule has 0 heteroatoms. The molecule has 0 aromatic heterocycles. The summed E-state index contributed by atoms with van der Waals surface area (Å²) in [6, 6.07) is 0. The molecule has 0 fully saturated rings. The van der Waals surface area contributed by atoms with E-state index < -0.39 is 0 Å². The molecule has 0 heterocycles. The Morgan fingerprint density at radius 2 is 0.884 bits per heavy atom. The first-order valence-electron chi connectivity index (χ1n) is 16.8. The third-order valence-electron chi connectivity index (χ3n) is 7.45. The van der Waals surface area contributed by atoms with Crippen molar-refractivity contribution in [1.82, 2.24) is 0 Å². The van der Waals surface area contributed by atoms with Gasteiger partial charge in [0.25, 0.3) is 0 Å². The molecule has 0 aliphatic rings. The summed E-state index contributed by atoms with van der Waals surface area (Å²) in [6.45, 7) is 49.5. The third kappa shape index (κ3) is 33.2. The Morgan fingerprint density at radius 3 is 1.21 bits per heavy atom. The molecule has 0 amide bonds. The lowest BCUT2D eigenvalue weighted by Gasteiger charge is -2.36. The van der Waals surface area contributed by atoms with E-state index in [2.05, 4.69) is 219 Å². The van der Waals surface area contributed by atoms with Crippen LogP contribution in [0.25, 0.3) is 0 Å². The zero-order chi connectivity index (χ0) is 35.1. The van der Waals surface area contributed by atoms with Crippen molar-refractivity contribution in [2.75, 3.05) is 0 Å². The van der Waals surface area contributed by atoms with Crippen LogP contribution in [0.15, 0.2) is 72.4 Å². The van der Waals surface area contributed by atoms with Gasteiger partial charge >= 0.3 is 0 Å². The van der Waals surface area contributed by atoms with E-state index in [1.165, 1.54) is 5.57 Å². The number of hydrogen-bond donors (Lipinski definition) is 0. The van der Waals surface area contributed by atoms with Crippen molar-refractivity contribution in [2.24, 2.45) is 43.8 Å². The maximum Gasteiger partial charge on any atom is -0.0123 e. The summed E-state index contributed by atoms with van der Waals surface area (Å²) in [5, 5.41) is 0. The van der Waals surface area contributed by atoms with Crippen LogP contribution in [-0.4, -0.2) is 0 Å². The van der Waals surface area contributed by atoms with Gasteiger partial charge in [-0.3, -0.25) is 0 Å². The maximum atomic E-state index is 2.36. The Labute approximate surface area is 274 Å². The molecule has 0 nitrogen and oxygen atoms in total. The van der Waals surface area contributed by atoms with E-state index in [4.69, 9.17) is 0 Å². The fraction of sp³-hybridized carbons (Fsp3) is 0.721. The van der Waals surface area contributed by atoms with Crippen molar-refractivity contribution < 1.29 is 0 Å². The first-order chi connectivity index (χ1) is 18.7. The molecule has 0 aliphatic heterocycles. The molecular formula is C43H80. The predicted molar refractivity (Wildman–Crippen MR) is 204 cm³/mol. The third-order valence-corrected chi connectivity index (χ3v) is 7.45. The average molecular weight is 597 g/mol. The molecule has 0 rings (SSSR count). The summed E-state index contributed by atoms with van der Waals surface area (Å²) in [5.41, 5.74) is 3.52. The van der Waals surface area contributed by atoms with Gasteiger partial charge in [0.1, 0.15) is 0 Å². The largest absolute Gasteiger partial charge is 0.0840 e. The van der Waals surface area contributed by atoms with Crippen LogP contribution in [0.5, 0.6) is 0 Å². The summed E-state index contributed by atoms with van der Waals surface area (Å²) in [5.74, 6) is 0.613. The van der Waals surface area contributed by atoms with Gasteiger partial charge in [-0.05, 0) is 57.2 Å². The molecule has 0 aromatic carbocycles. The SMILES string of the molecule is CC(/C=C/C(C)(C)C)=C\C(C)C(C)(C)C.CC(C)(C)/C=C/C=C/C(C)(C)C(C)(C)C.CC(C)(C)/C=C/C=C/CC(C)(C)C. The van der Waals surface area contributed by atoms with Gasteiger partial charge in [0.15, 0.2) is 0 Å². The Kier molecular flexibility index (Phi) is 19.6. The maximum absolute atomic E-state index is 2.36. The zero-order valence-electron chi connectivity index (χ0n) is 33.6. The van der Waals surface area contributed by atoms with Crippen molar-refractivity contribution in [2.45, 2.75) is 159 Å². The van der Waals surface area contributed by atoms with Gasteiger partial charge in [0.2, 0.25) is 0 Å². The van der Waals surface area contributed by atoms with Crippen molar-refractivity contribution in [3.8, 4) is 0 Å². The highest BCUT2D eigenvalue weighted by molar-refractivity contribution is 5.19. The Morgan fingerprint density at radius 1 is 0.512 bits per heavy atom. The predicted octanol–water partition coefficient (Wildman–Crippen LogP) is 15.0. The summed E-state index contributed by atoms with van der Waals surface area (Å²) in [6.07, 6.45) is 25.7. The Balaban J connectivity index is -0.000000560. The molecular weight excluding hydrogens is 516 g/mol. The smallest absolute Gasteiger partial charge is 0.0123 e. The summed E-state index contributed by atoms with van der Waals surface area (Å²) in [7, 11) is 0.